The van der Waals surface area contributed by atoms with Crippen molar-refractivity contribution in [2.45, 2.75) is 51.5 Å². The van der Waals surface area contributed by atoms with E-state index in [0.717, 1.165) is 38.5 Å². The number of hydrogen-bond acceptors (Lipinski definition) is 3. The molecular weight excluding hydrogens is 232 g/mol. The van der Waals surface area contributed by atoms with E-state index >= 15 is 0 Å². The first kappa shape index (κ1) is 12.8. The highest BCUT2D eigenvalue weighted by atomic mass is 16.2. The fraction of sp³-hybridized carbons (Fsp3) is 0.615. The molecule has 1 aromatic rings. The van der Waals surface area contributed by atoms with Crippen LogP contribution in [0.1, 0.15) is 61.8 Å². The van der Waals surface area contributed by atoms with Gasteiger partial charge in [-0.1, -0.05) is 25.7 Å². The molecule has 1 aliphatic carbocycles. The maximum Gasteiger partial charge on any atom is 0.328 e. The molecule has 0 aromatic carbocycles. The predicted molar refractivity (Wildman–Crippen MR) is 68.1 cm³/mol. The van der Waals surface area contributed by atoms with Crippen LogP contribution >= 0.6 is 0 Å². The van der Waals surface area contributed by atoms with Crippen molar-refractivity contribution in [2.24, 2.45) is 0 Å². The minimum Gasteiger partial charge on any atom is -0.313 e. The third kappa shape index (κ3) is 2.44. The summed E-state index contributed by atoms with van der Waals surface area (Å²) < 4.78 is 1.24. The summed E-state index contributed by atoms with van der Waals surface area (Å²) in [5.41, 5.74) is -0.783. The summed E-state index contributed by atoms with van der Waals surface area (Å²) in [6, 6.07) is -0.0666. The van der Waals surface area contributed by atoms with Gasteiger partial charge in [-0.05, 0) is 19.8 Å². The molecule has 18 heavy (non-hydrogen) atoms. The molecule has 0 amide bonds. The van der Waals surface area contributed by atoms with Gasteiger partial charge in [0.2, 0.25) is 0 Å². The first-order valence-electron chi connectivity index (χ1n) is 6.46. The Morgan fingerprint density at radius 2 is 1.83 bits per heavy atom. The number of Topliss-reactive ketones (excluding diaryl/α,β-unsaturated/α-hetero) is 1. The van der Waals surface area contributed by atoms with Gasteiger partial charge < -0.3 is 4.98 Å². The normalized spacial score (nSPS) is 17.4. The van der Waals surface area contributed by atoms with E-state index in [1.165, 1.54) is 17.7 Å². The van der Waals surface area contributed by atoms with Crippen molar-refractivity contribution in [1.82, 2.24) is 9.55 Å². The van der Waals surface area contributed by atoms with Crippen LogP contribution in [0.5, 0.6) is 0 Å². The lowest BCUT2D eigenvalue weighted by molar-refractivity contribution is 0.101. The molecule has 1 N–H and O–H groups in total. The molecule has 2 rings (SSSR count). The maximum atomic E-state index is 12.2. The summed E-state index contributed by atoms with van der Waals surface area (Å²) in [5, 5.41) is 0. The lowest BCUT2D eigenvalue weighted by Gasteiger charge is -2.16. The van der Waals surface area contributed by atoms with Crippen LogP contribution in [0, 0.1) is 0 Å². The van der Waals surface area contributed by atoms with Crippen LogP contribution < -0.4 is 11.2 Å². The van der Waals surface area contributed by atoms with Gasteiger partial charge >= 0.3 is 5.69 Å². The van der Waals surface area contributed by atoms with Crippen molar-refractivity contribution in [3.8, 4) is 0 Å². The minimum absolute atomic E-state index is 0.0666. The Hall–Kier alpha value is -1.65. The number of rotatable bonds is 2. The Morgan fingerprint density at radius 3 is 2.39 bits per heavy atom. The van der Waals surface area contributed by atoms with Crippen LogP contribution in [0.2, 0.25) is 0 Å². The molecule has 98 valence electrons. The zero-order valence-corrected chi connectivity index (χ0v) is 10.6. The van der Waals surface area contributed by atoms with Gasteiger partial charge in [-0.2, -0.15) is 0 Å². The standard InChI is InChI=1S/C13H18N2O3/c1-9(16)11-8-14-13(18)15(12(11)17)10-6-4-2-3-5-7-10/h8,10H,2-7H2,1H3,(H,14,18). The molecule has 1 aliphatic rings. The highest BCUT2D eigenvalue weighted by Gasteiger charge is 2.20. The van der Waals surface area contributed by atoms with E-state index in [1.54, 1.807) is 0 Å². The first-order valence-corrected chi connectivity index (χ1v) is 6.46. The van der Waals surface area contributed by atoms with Crippen LogP contribution in [-0.2, 0) is 0 Å². The Balaban J connectivity index is 2.48. The molecular formula is C13H18N2O3. The van der Waals surface area contributed by atoms with Gasteiger partial charge in [0.1, 0.15) is 0 Å². The molecule has 0 bridgehead atoms. The van der Waals surface area contributed by atoms with Gasteiger partial charge in [-0.3, -0.25) is 14.2 Å². The van der Waals surface area contributed by atoms with E-state index in [4.69, 9.17) is 0 Å². The molecule has 1 aromatic heterocycles. The molecule has 1 fully saturated rings. The number of carbonyl (C=O) groups is 1. The third-order valence-corrected chi connectivity index (χ3v) is 3.58. The molecule has 0 atom stereocenters. The van der Waals surface area contributed by atoms with Crippen molar-refractivity contribution >= 4 is 5.78 Å². The van der Waals surface area contributed by atoms with Gasteiger partial charge in [-0.25, -0.2) is 4.79 Å². The summed E-state index contributed by atoms with van der Waals surface area (Å²) >= 11 is 0. The number of aromatic nitrogens is 2. The largest absolute Gasteiger partial charge is 0.328 e. The molecule has 5 heteroatoms. The molecule has 0 saturated heterocycles. The second-order valence-corrected chi connectivity index (χ2v) is 4.88. The number of hydrogen-bond donors (Lipinski definition) is 1. The zero-order chi connectivity index (χ0) is 13.1. The fourth-order valence-electron chi connectivity index (χ4n) is 2.59. The lowest BCUT2D eigenvalue weighted by Crippen LogP contribution is -2.40. The summed E-state index contributed by atoms with van der Waals surface area (Å²) in [5.74, 6) is -0.307. The number of ketones is 1. The van der Waals surface area contributed by atoms with Crippen molar-refractivity contribution in [2.75, 3.05) is 0 Å². The van der Waals surface area contributed by atoms with E-state index in [1.807, 2.05) is 0 Å². The van der Waals surface area contributed by atoms with Crippen molar-refractivity contribution in [3.63, 3.8) is 0 Å². The van der Waals surface area contributed by atoms with Gasteiger partial charge in [0.25, 0.3) is 5.56 Å². The van der Waals surface area contributed by atoms with Gasteiger partial charge in [0, 0.05) is 12.2 Å². The summed E-state index contributed by atoms with van der Waals surface area (Å²) in [6.07, 6.45) is 7.25. The average molecular weight is 250 g/mol. The quantitative estimate of drug-likeness (QED) is 0.640. The summed E-state index contributed by atoms with van der Waals surface area (Å²) in [4.78, 5) is 37.8. The van der Waals surface area contributed by atoms with E-state index < -0.39 is 11.2 Å². The third-order valence-electron chi connectivity index (χ3n) is 3.58. The topological polar surface area (TPSA) is 71.9 Å². The van der Waals surface area contributed by atoms with Crippen LogP contribution in [0.4, 0.5) is 0 Å². The Bertz CT molecular complexity index is 548. The zero-order valence-electron chi connectivity index (χ0n) is 10.6. The van der Waals surface area contributed by atoms with Gasteiger partial charge in [0.05, 0.1) is 5.56 Å². The summed E-state index contributed by atoms with van der Waals surface area (Å²) in [6.45, 7) is 1.34. The van der Waals surface area contributed by atoms with E-state index in [2.05, 4.69) is 4.98 Å². The summed E-state index contributed by atoms with van der Waals surface area (Å²) in [7, 11) is 0. The fourth-order valence-corrected chi connectivity index (χ4v) is 2.59. The molecule has 0 spiro atoms. The SMILES string of the molecule is CC(=O)c1c[nH]c(=O)n(C2CCCCCC2)c1=O. The number of nitrogens with one attached hydrogen (secondary N) is 1. The predicted octanol–water partition coefficient (Wildman–Crippen LogP) is 1.63. The molecule has 0 radical (unpaired) electrons. The highest BCUT2D eigenvalue weighted by Crippen LogP contribution is 2.24. The van der Waals surface area contributed by atoms with Crippen molar-refractivity contribution in [3.05, 3.63) is 32.6 Å². The number of carbonyl (C=O) groups excluding carboxylic acids is 1. The molecule has 1 saturated carbocycles. The number of nitrogens with zero attached hydrogens (tertiary/aromatic N) is 1. The number of H-pyrrole nitrogens is 1. The second-order valence-electron chi connectivity index (χ2n) is 4.88. The van der Waals surface area contributed by atoms with Gasteiger partial charge in [-0.15, -0.1) is 0 Å². The average Bonchev–Trinajstić information content (AvgIpc) is 2.57. The monoisotopic (exact) mass is 250 g/mol. The van der Waals surface area contributed by atoms with Crippen LogP contribution in [-0.4, -0.2) is 15.3 Å². The van der Waals surface area contributed by atoms with E-state index in [-0.39, 0.29) is 17.4 Å². The Morgan fingerprint density at radius 1 is 1.22 bits per heavy atom. The lowest BCUT2D eigenvalue weighted by atomic mass is 10.1. The molecule has 5 nitrogen and oxygen atoms in total. The first-order chi connectivity index (χ1) is 8.61. The minimum atomic E-state index is -0.446. The maximum absolute atomic E-state index is 12.2. The molecule has 0 unspecified atom stereocenters. The van der Waals surface area contributed by atoms with E-state index in [9.17, 15) is 14.4 Å². The van der Waals surface area contributed by atoms with Crippen LogP contribution in [0.15, 0.2) is 15.8 Å². The van der Waals surface area contributed by atoms with Crippen molar-refractivity contribution < 1.29 is 4.79 Å². The second kappa shape index (κ2) is 5.33. The van der Waals surface area contributed by atoms with Gasteiger partial charge in [0.15, 0.2) is 5.78 Å². The Labute approximate surface area is 105 Å². The Kier molecular flexibility index (Phi) is 3.79. The van der Waals surface area contributed by atoms with Crippen LogP contribution in [0.3, 0.4) is 0 Å². The number of aromatic amines is 1. The van der Waals surface area contributed by atoms with Crippen LogP contribution in [0.25, 0.3) is 0 Å². The smallest absolute Gasteiger partial charge is 0.313 e. The van der Waals surface area contributed by atoms with E-state index in [0.29, 0.717) is 0 Å². The van der Waals surface area contributed by atoms with Crippen molar-refractivity contribution in [1.29, 1.82) is 0 Å². The molecule has 1 heterocycles. The molecule has 0 aliphatic heterocycles. The highest BCUT2D eigenvalue weighted by molar-refractivity contribution is 5.93.